The average Bonchev–Trinajstić information content (AvgIpc) is 2.85. The van der Waals surface area contributed by atoms with Gasteiger partial charge in [0.1, 0.15) is 12.2 Å². The van der Waals surface area contributed by atoms with Crippen LogP contribution in [0.2, 0.25) is 0 Å². The van der Waals surface area contributed by atoms with Crippen molar-refractivity contribution in [2.24, 2.45) is 0 Å². The molecule has 0 spiro atoms. The third kappa shape index (κ3) is 12.1. The van der Waals surface area contributed by atoms with Crippen molar-refractivity contribution in [3.63, 3.8) is 0 Å². The maximum atomic E-state index is 12.2. The Hall–Kier alpha value is -2.98. The molecule has 1 heterocycles. The fourth-order valence-corrected chi connectivity index (χ4v) is 2.82. The van der Waals surface area contributed by atoms with Gasteiger partial charge in [0.05, 0.1) is 46.2 Å². The zero-order chi connectivity index (χ0) is 26.2. The summed E-state index contributed by atoms with van der Waals surface area (Å²) in [6.07, 6.45) is 5.28. The summed E-state index contributed by atoms with van der Waals surface area (Å²) in [4.78, 5) is 18.0. The summed E-state index contributed by atoms with van der Waals surface area (Å²) in [5, 5.41) is 8.59. The number of benzene rings is 1. The van der Waals surface area contributed by atoms with Crippen molar-refractivity contribution >= 4 is 23.9 Å². The Kier molecular flexibility index (Phi) is 12.9. The number of carbonyl (C=O) groups excluding carboxylic acids is 1. The Balaban J connectivity index is 1.67. The fourth-order valence-electron chi connectivity index (χ4n) is 2.82. The largest absolute Gasteiger partial charge is 0.475 e. The van der Waals surface area contributed by atoms with E-state index in [1.165, 1.54) is 4.90 Å². The number of amides is 1. The second-order valence-corrected chi connectivity index (χ2v) is 8.80. The number of rotatable bonds is 15. The molecule has 0 aliphatic heterocycles. The van der Waals surface area contributed by atoms with Gasteiger partial charge in [0.25, 0.3) is 0 Å². The molecule has 0 saturated heterocycles. The number of aromatic nitrogens is 1. The highest BCUT2D eigenvalue weighted by molar-refractivity contribution is 5.87. The van der Waals surface area contributed by atoms with Crippen LogP contribution in [-0.2, 0) is 18.9 Å². The van der Waals surface area contributed by atoms with Gasteiger partial charge in [-0.2, -0.15) is 0 Å². The molecule has 0 aliphatic rings. The van der Waals surface area contributed by atoms with Crippen LogP contribution in [0.15, 0.2) is 42.6 Å². The van der Waals surface area contributed by atoms with E-state index in [0.29, 0.717) is 52.1 Å². The van der Waals surface area contributed by atoms with Gasteiger partial charge in [0.15, 0.2) is 0 Å². The molecule has 0 aliphatic carbocycles. The van der Waals surface area contributed by atoms with Crippen LogP contribution < -0.4 is 9.64 Å². The number of anilines is 1. The van der Waals surface area contributed by atoms with Crippen molar-refractivity contribution < 1.29 is 33.6 Å². The van der Waals surface area contributed by atoms with E-state index in [1.807, 2.05) is 69.3 Å². The van der Waals surface area contributed by atoms with Gasteiger partial charge >= 0.3 is 6.09 Å². The smallest absolute Gasteiger partial charge is 0.414 e. The summed E-state index contributed by atoms with van der Waals surface area (Å²) < 4.78 is 26.9. The van der Waals surface area contributed by atoms with Gasteiger partial charge in [-0.25, -0.2) is 9.78 Å². The number of hydrogen-bond donors (Lipinski definition) is 1. The summed E-state index contributed by atoms with van der Waals surface area (Å²) in [6.45, 7) is 8.58. The number of aliphatic hydroxyl groups is 1. The van der Waals surface area contributed by atoms with Crippen molar-refractivity contribution in [3.8, 4) is 5.88 Å². The van der Waals surface area contributed by atoms with E-state index < -0.39 is 11.7 Å². The molecular formula is C27H38N2O7. The third-order valence-corrected chi connectivity index (χ3v) is 4.63. The van der Waals surface area contributed by atoms with Crippen molar-refractivity contribution in [1.29, 1.82) is 0 Å². The molecule has 2 rings (SSSR count). The standard InChI is InChI=1S/C27H38N2O7/c1-27(2,3)36-26(31)29(4)24-10-7-22(8-11-24)5-6-23-9-12-25(28-21-23)35-20-19-34-18-17-33-16-15-32-14-13-30/h5-12,21,30H,13-20H2,1-4H3/b6-5+. The maximum Gasteiger partial charge on any atom is 0.414 e. The summed E-state index contributed by atoms with van der Waals surface area (Å²) in [5.74, 6) is 0.530. The van der Waals surface area contributed by atoms with Crippen LogP contribution in [0, 0.1) is 0 Å². The lowest BCUT2D eigenvalue weighted by Crippen LogP contribution is -2.34. The number of carbonyl (C=O) groups is 1. The lowest BCUT2D eigenvalue weighted by molar-refractivity contribution is 0.00342. The molecule has 0 saturated carbocycles. The van der Waals surface area contributed by atoms with E-state index in [-0.39, 0.29) is 6.61 Å². The molecule has 1 N–H and O–H groups in total. The van der Waals surface area contributed by atoms with Gasteiger partial charge in [0.2, 0.25) is 5.88 Å². The number of aliphatic hydroxyl groups excluding tert-OH is 1. The summed E-state index contributed by atoms with van der Waals surface area (Å²) in [5.41, 5.74) is 2.15. The predicted octanol–water partition coefficient (Wildman–Crippen LogP) is 4.04. The van der Waals surface area contributed by atoms with E-state index in [2.05, 4.69) is 4.98 Å². The Labute approximate surface area is 213 Å². The SMILES string of the molecule is CN(C(=O)OC(C)(C)C)c1ccc(/C=C/c2ccc(OCCOCCOCCOCCO)nc2)cc1. The lowest BCUT2D eigenvalue weighted by atomic mass is 10.1. The van der Waals surface area contributed by atoms with E-state index in [9.17, 15) is 4.79 Å². The van der Waals surface area contributed by atoms with Gasteiger partial charge in [0, 0.05) is 25.0 Å². The first kappa shape index (κ1) is 29.3. The van der Waals surface area contributed by atoms with Gasteiger partial charge in [-0.05, 0) is 50.1 Å². The second kappa shape index (κ2) is 15.9. The van der Waals surface area contributed by atoms with Crippen LogP contribution in [-0.4, -0.2) is 81.7 Å². The molecule has 0 bridgehead atoms. The van der Waals surface area contributed by atoms with Crippen molar-refractivity contribution in [3.05, 3.63) is 53.7 Å². The van der Waals surface area contributed by atoms with Crippen LogP contribution in [0.25, 0.3) is 12.2 Å². The van der Waals surface area contributed by atoms with Crippen LogP contribution in [0.4, 0.5) is 10.5 Å². The minimum absolute atomic E-state index is 0.0177. The first-order chi connectivity index (χ1) is 17.3. The Morgan fingerprint density at radius 2 is 1.42 bits per heavy atom. The van der Waals surface area contributed by atoms with Gasteiger partial charge in [-0.3, -0.25) is 4.90 Å². The topological polar surface area (TPSA) is 99.6 Å². The van der Waals surface area contributed by atoms with Gasteiger partial charge in [-0.15, -0.1) is 0 Å². The second-order valence-electron chi connectivity index (χ2n) is 8.80. The molecular weight excluding hydrogens is 464 g/mol. The fraction of sp³-hybridized carbons (Fsp3) is 0.481. The molecule has 1 amide bonds. The minimum Gasteiger partial charge on any atom is -0.475 e. The lowest BCUT2D eigenvalue weighted by Gasteiger charge is -2.24. The first-order valence-corrected chi connectivity index (χ1v) is 12.0. The van der Waals surface area contributed by atoms with Crippen LogP contribution in [0.5, 0.6) is 5.88 Å². The average molecular weight is 503 g/mol. The number of nitrogens with zero attached hydrogens (tertiary/aromatic N) is 2. The third-order valence-electron chi connectivity index (χ3n) is 4.63. The van der Waals surface area contributed by atoms with Gasteiger partial charge < -0.3 is 28.8 Å². The molecule has 0 radical (unpaired) electrons. The zero-order valence-electron chi connectivity index (χ0n) is 21.6. The summed E-state index contributed by atoms with van der Waals surface area (Å²) in [7, 11) is 1.69. The van der Waals surface area contributed by atoms with E-state index in [1.54, 1.807) is 13.2 Å². The number of hydrogen-bond acceptors (Lipinski definition) is 8. The molecule has 2 aromatic rings. The Morgan fingerprint density at radius 3 is 1.97 bits per heavy atom. The number of pyridine rings is 1. The first-order valence-electron chi connectivity index (χ1n) is 12.0. The monoisotopic (exact) mass is 502 g/mol. The van der Waals surface area contributed by atoms with Crippen LogP contribution >= 0.6 is 0 Å². The molecule has 36 heavy (non-hydrogen) atoms. The maximum absolute atomic E-state index is 12.2. The highest BCUT2D eigenvalue weighted by Crippen LogP contribution is 2.19. The van der Waals surface area contributed by atoms with E-state index >= 15 is 0 Å². The van der Waals surface area contributed by atoms with E-state index in [4.69, 9.17) is 28.8 Å². The van der Waals surface area contributed by atoms with E-state index in [0.717, 1.165) is 16.8 Å². The molecule has 0 unspecified atom stereocenters. The molecule has 0 fully saturated rings. The predicted molar refractivity (Wildman–Crippen MR) is 139 cm³/mol. The molecule has 0 atom stereocenters. The zero-order valence-corrected chi connectivity index (χ0v) is 21.6. The normalized spacial score (nSPS) is 11.6. The summed E-state index contributed by atoms with van der Waals surface area (Å²) >= 11 is 0. The minimum atomic E-state index is -0.538. The summed E-state index contributed by atoms with van der Waals surface area (Å²) in [6, 6.07) is 11.4. The number of ether oxygens (including phenoxy) is 5. The quantitative estimate of drug-likeness (QED) is 0.364. The van der Waals surface area contributed by atoms with Crippen LogP contribution in [0.3, 0.4) is 0 Å². The van der Waals surface area contributed by atoms with Crippen molar-refractivity contribution in [1.82, 2.24) is 4.98 Å². The Bertz CT molecular complexity index is 909. The molecule has 9 nitrogen and oxygen atoms in total. The van der Waals surface area contributed by atoms with Crippen LogP contribution in [0.1, 0.15) is 31.9 Å². The van der Waals surface area contributed by atoms with Crippen molar-refractivity contribution in [2.75, 3.05) is 64.8 Å². The van der Waals surface area contributed by atoms with Crippen molar-refractivity contribution in [2.45, 2.75) is 26.4 Å². The van der Waals surface area contributed by atoms with Gasteiger partial charge in [-0.1, -0.05) is 24.3 Å². The molecule has 1 aromatic carbocycles. The molecule has 9 heteroatoms. The Morgan fingerprint density at radius 1 is 0.861 bits per heavy atom. The molecule has 198 valence electrons. The highest BCUT2D eigenvalue weighted by atomic mass is 16.6. The highest BCUT2D eigenvalue weighted by Gasteiger charge is 2.20. The molecule has 1 aromatic heterocycles.